The number of rotatable bonds is 7. The van der Waals surface area contributed by atoms with Crippen LogP contribution in [0.15, 0.2) is 42.5 Å². The van der Waals surface area contributed by atoms with Gasteiger partial charge in [-0.1, -0.05) is 23.7 Å². The molecular weight excluding hydrogens is 342 g/mol. The minimum absolute atomic E-state index is 0.117. The zero-order valence-electron chi connectivity index (χ0n) is 14.2. The van der Waals surface area contributed by atoms with E-state index in [-0.39, 0.29) is 16.3 Å². The summed E-state index contributed by atoms with van der Waals surface area (Å²) < 4.78 is 0. The van der Waals surface area contributed by atoms with Gasteiger partial charge < -0.3 is 10.2 Å². The molecule has 0 bridgehead atoms. The van der Waals surface area contributed by atoms with Crippen LogP contribution in [0, 0.1) is 10.1 Å². The Morgan fingerprint density at radius 2 is 1.88 bits per heavy atom. The Morgan fingerprint density at radius 1 is 1.20 bits per heavy atom. The van der Waals surface area contributed by atoms with Crippen molar-refractivity contribution in [1.82, 2.24) is 5.32 Å². The molecule has 0 aromatic heterocycles. The fraction of sp³-hybridized carbons (Fsp3) is 0.278. The molecule has 0 saturated carbocycles. The fourth-order valence-corrected chi connectivity index (χ4v) is 2.55. The van der Waals surface area contributed by atoms with Crippen LogP contribution < -0.4 is 10.2 Å². The molecule has 132 valence electrons. The van der Waals surface area contributed by atoms with E-state index >= 15 is 0 Å². The van der Waals surface area contributed by atoms with E-state index in [1.54, 1.807) is 0 Å². The Morgan fingerprint density at radius 3 is 2.48 bits per heavy atom. The van der Waals surface area contributed by atoms with E-state index in [1.807, 2.05) is 19.0 Å². The first kappa shape index (κ1) is 18.7. The van der Waals surface area contributed by atoms with Crippen molar-refractivity contribution in [3.8, 4) is 0 Å². The third-order valence-electron chi connectivity index (χ3n) is 3.79. The zero-order valence-corrected chi connectivity index (χ0v) is 14.9. The number of anilines is 1. The molecule has 0 aliphatic carbocycles. The van der Waals surface area contributed by atoms with Crippen molar-refractivity contribution in [2.45, 2.75) is 12.8 Å². The van der Waals surface area contributed by atoms with Crippen LogP contribution in [0.2, 0.25) is 5.02 Å². The highest BCUT2D eigenvalue weighted by molar-refractivity contribution is 6.33. The number of aryl methyl sites for hydroxylation is 1. The molecule has 1 N–H and O–H groups in total. The van der Waals surface area contributed by atoms with Crippen molar-refractivity contribution in [2.75, 3.05) is 25.5 Å². The van der Waals surface area contributed by atoms with Gasteiger partial charge in [0.25, 0.3) is 11.6 Å². The van der Waals surface area contributed by atoms with Crippen molar-refractivity contribution < 1.29 is 9.72 Å². The van der Waals surface area contributed by atoms with Crippen LogP contribution >= 0.6 is 11.6 Å². The summed E-state index contributed by atoms with van der Waals surface area (Å²) in [5, 5.41) is 13.7. The molecular formula is C18H20ClN3O3. The summed E-state index contributed by atoms with van der Waals surface area (Å²) in [6, 6.07) is 12.1. The lowest BCUT2D eigenvalue weighted by Crippen LogP contribution is -2.25. The Kier molecular flexibility index (Phi) is 6.36. The molecule has 2 aromatic rings. The maximum Gasteiger partial charge on any atom is 0.270 e. The minimum Gasteiger partial charge on any atom is -0.378 e. The smallest absolute Gasteiger partial charge is 0.270 e. The lowest BCUT2D eigenvalue weighted by atomic mass is 10.1. The molecule has 0 atom stereocenters. The molecule has 1 amide bonds. The predicted octanol–water partition coefficient (Wildman–Crippen LogP) is 3.68. The highest BCUT2D eigenvalue weighted by Crippen LogP contribution is 2.22. The summed E-state index contributed by atoms with van der Waals surface area (Å²) in [4.78, 5) is 24.4. The third kappa shape index (κ3) is 5.19. The standard InChI is InChI=1S/C18H20ClN3O3/c1-21(2)14-7-5-13(6-8-14)4-3-11-20-18(23)16-12-15(22(24)25)9-10-17(16)19/h5-10,12H,3-4,11H2,1-2H3,(H,20,23). The number of benzene rings is 2. The molecule has 2 aromatic carbocycles. The van der Waals surface area contributed by atoms with Gasteiger partial charge in [0.05, 0.1) is 15.5 Å². The van der Waals surface area contributed by atoms with Crippen LogP contribution in [0.4, 0.5) is 11.4 Å². The Labute approximate surface area is 151 Å². The highest BCUT2D eigenvalue weighted by atomic mass is 35.5. The molecule has 0 radical (unpaired) electrons. The van der Waals surface area contributed by atoms with Crippen LogP contribution in [-0.4, -0.2) is 31.5 Å². The first-order valence-corrected chi connectivity index (χ1v) is 8.24. The van der Waals surface area contributed by atoms with Crippen molar-refractivity contribution in [1.29, 1.82) is 0 Å². The highest BCUT2D eigenvalue weighted by Gasteiger charge is 2.15. The molecule has 7 heteroatoms. The lowest BCUT2D eigenvalue weighted by molar-refractivity contribution is -0.384. The van der Waals surface area contributed by atoms with Crippen LogP contribution in [0.1, 0.15) is 22.3 Å². The third-order valence-corrected chi connectivity index (χ3v) is 4.12. The molecule has 0 unspecified atom stereocenters. The van der Waals surface area contributed by atoms with Gasteiger partial charge in [-0.15, -0.1) is 0 Å². The van der Waals surface area contributed by atoms with Gasteiger partial charge in [0.15, 0.2) is 0 Å². The fourth-order valence-electron chi connectivity index (χ4n) is 2.35. The molecule has 2 rings (SSSR count). The Balaban J connectivity index is 1.86. The summed E-state index contributed by atoms with van der Waals surface area (Å²) in [6.07, 6.45) is 1.59. The number of nitro groups is 1. The molecule has 0 spiro atoms. The summed E-state index contributed by atoms with van der Waals surface area (Å²) in [5.41, 5.74) is 2.28. The predicted molar refractivity (Wildman–Crippen MR) is 99.5 cm³/mol. The lowest BCUT2D eigenvalue weighted by Gasteiger charge is -2.12. The number of nitrogens with one attached hydrogen (secondary N) is 1. The Hall–Kier alpha value is -2.60. The van der Waals surface area contributed by atoms with E-state index in [9.17, 15) is 14.9 Å². The number of non-ortho nitro benzene ring substituents is 1. The maximum absolute atomic E-state index is 12.1. The van der Waals surface area contributed by atoms with Crippen molar-refractivity contribution in [2.24, 2.45) is 0 Å². The molecule has 25 heavy (non-hydrogen) atoms. The van der Waals surface area contributed by atoms with E-state index in [2.05, 4.69) is 29.6 Å². The molecule has 0 fully saturated rings. The van der Waals surface area contributed by atoms with Crippen LogP contribution in [0.5, 0.6) is 0 Å². The largest absolute Gasteiger partial charge is 0.378 e. The number of hydrogen-bond acceptors (Lipinski definition) is 4. The number of nitrogens with zero attached hydrogens (tertiary/aromatic N) is 2. The van der Waals surface area contributed by atoms with Gasteiger partial charge in [-0.3, -0.25) is 14.9 Å². The molecule has 0 aliphatic heterocycles. The molecule has 0 aliphatic rings. The Bertz CT molecular complexity index is 761. The molecule has 0 heterocycles. The minimum atomic E-state index is -0.551. The molecule has 0 saturated heterocycles. The first-order valence-electron chi connectivity index (χ1n) is 7.87. The number of amides is 1. The second-order valence-electron chi connectivity index (χ2n) is 5.84. The number of halogens is 1. The van der Waals surface area contributed by atoms with Crippen LogP contribution in [0.3, 0.4) is 0 Å². The van der Waals surface area contributed by atoms with Crippen molar-refractivity contribution >= 4 is 28.9 Å². The van der Waals surface area contributed by atoms with Crippen LogP contribution in [0.25, 0.3) is 0 Å². The van der Waals surface area contributed by atoms with Crippen molar-refractivity contribution in [3.63, 3.8) is 0 Å². The molecule has 6 nitrogen and oxygen atoms in total. The van der Waals surface area contributed by atoms with Gasteiger partial charge in [0.2, 0.25) is 0 Å². The second kappa shape index (κ2) is 8.48. The number of carbonyl (C=O) groups is 1. The first-order chi connectivity index (χ1) is 11.9. The second-order valence-corrected chi connectivity index (χ2v) is 6.25. The van der Waals surface area contributed by atoms with Crippen molar-refractivity contribution in [3.05, 3.63) is 68.7 Å². The van der Waals surface area contributed by atoms with Gasteiger partial charge in [-0.25, -0.2) is 0 Å². The normalized spacial score (nSPS) is 10.4. The SMILES string of the molecule is CN(C)c1ccc(CCCNC(=O)c2cc([N+](=O)[O-])ccc2Cl)cc1. The number of carbonyl (C=O) groups excluding carboxylic acids is 1. The van der Waals surface area contributed by atoms with E-state index in [0.717, 1.165) is 18.5 Å². The average molecular weight is 362 g/mol. The van der Waals surface area contributed by atoms with E-state index < -0.39 is 10.8 Å². The maximum atomic E-state index is 12.1. The number of hydrogen-bond donors (Lipinski definition) is 1. The van der Waals surface area contributed by atoms with E-state index in [4.69, 9.17) is 11.6 Å². The van der Waals surface area contributed by atoms with Gasteiger partial charge in [0, 0.05) is 38.5 Å². The van der Waals surface area contributed by atoms with E-state index in [1.165, 1.54) is 23.8 Å². The van der Waals surface area contributed by atoms with Crippen LogP contribution in [-0.2, 0) is 6.42 Å². The summed E-state index contributed by atoms with van der Waals surface area (Å²) in [6.45, 7) is 0.466. The zero-order chi connectivity index (χ0) is 18.4. The average Bonchev–Trinajstić information content (AvgIpc) is 2.59. The van der Waals surface area contributed by atoms with Gasteiger partial charge in [-0.2, -0.15) is 0 Å². The summed E-state index contributed by atoms with van der Waals surface area (Å²) >= 11 is 5.96. The quantitative estimate of drug-likeness (QED) is 0.463. The summed E-state index contributed by atoms with van der Waals surface area (Å²) in [5.74, 6) is -0.406. The van der Waals surface area contributed by atoms with Gasteiger partial charge >= 0.3 is 0 Å². The monoisotopic (exact) mass is 361 g/mol. The summed E-state index contributed by atoms with van der Waals surface area (Å²) in [7, 11) is 3.98. The number of nitro benzene ring substituents is 1. The van der Waals surface area contributed by atoms with Gasteiger partial charge in [0.1, 0.15) is 0 Å². The van der Waals surface area contributed by atoms with E-state index in [0.29, 0.717) is 6.54 Å². The van der Waals surface area contributed by atoms with Gasteiger partial charge in [-0.05, 0) is 36.6 Å². The topological polar surface area (TPSA) is 75.5 Å².